The molecule has 2 N–H and O–H groups in total. The van der Waals surface area contributed by atoms with E-state index >= 15 is 0 Å². The molecule has 0 radical (unpaired) electrons. The molecule has 150 valence electrons. The maximum atomic E-state index is 4.36. The van der Waals surface area contributed by atoms with Crippen molar-refractivity contribution in [3.63, 3.8) is 0 Å². The van der Waals surface area contributed by atoms with Crippen LogP contribution in [0.3, 0.4) is 0 Å². The Morgan fingerprint density at radius 1 is 1.10 bits per heavy atom. The van der Waals surface area contributed by atoms with Crippen molar-refractivity contribution >= 4 is 11.8 Å². The molecule has 0 aliphatic carbocycles. The van der Waals surface area contributed by atoms with Crippen molar-refractivity contribution < 1.29 is 0 Å². The molecule has 0 amide bonds. The normalized spacial score (nSPS) is 10.6. The lowest BCUT2D eigenvalue weighted by Crippen LogP contribution is -2.16. The van der Waals surface area contributed by atoms with Gasteiger partial charge in [0.05, 0.1) is 11.3 Å². The Kier molecular flexibility index (Phi) is 6.60. The summed E-state index contributed by atoms with van der Waals surface area (Å²) in [5.41, 5.74) is 4.10. The molecule has 0 unspecified atom stereocenters. The molecular weight excluding hydrogens is 392 g/mol. The number of thioether (sulfide) groups is 1. The fourth-order valence-corrected chi connectivity index (χ4v) is 3.64. The van der Waals surface area contributed by atoms with Gasteiger partial charge in [-0.15, -0.1) is 5.10 Å². The third-order valence-corrected chi connectivity index (χ3v) is 5.19. The van der Waals surface area contributed by atoms with E-state index in [4.69, 9.17) is 0 Å². The Morgan fingerprint density at radius 2 is 2.00 bits per heavy atom. The van der Waals surface area contributed by atoms with Crippen LogP contribution in [0.2, 0.25) is 0 Å². The summed E-state index contributed by atoms with van der Waals surface area (Å²) in [4.78, 5) is 4.30. The second-order valence-electron chi connectivity index (χ2n) is 6.65. The summed E-state index contributed by atoms with van der Waals surface area (Å²) in [6, 6.07) is 18.2. The highest BCUT2D eigenvalue weighted by Crippen LogP contribution is 2.16. The monoisotopic (exact) mass is 414 g/mol. The highest BCUT2D eigenvalue weighted by atomic mass is 32.2. The van der Waals surface area contributed by atoms with E-state index in [0.29, 0.717) is 0 Å². The van der Waals surface area contributed by atoms with Crippen molar-refractivity contribution in [2.75, 3.05) is 12.3 Å². The Labute approximate surface area is 180 Å². The van der Waals surface area contributed by atoms with Crippen molar-refractivity contribution in [3.8, 4) is 17.5 Å². The second kappa shape index (κ2) is 9.92. The second-order valence-corrected chi connectivity index (χ2v) is 7.71. The maximum absolute atomic E-state index is 4.36. The number of aromatic amines is 1. The smallest absolute Gasteiger partial charge is 0.208 e. The van der Waals surface area contributed by atoms with Crippen LogP contribution in [0.5, 0.6) is 0 Å². The standard InChI is InChI=1S/C23H22N6S/c1-18-26-23(28-27-18)30-15-13-24-17-20-9-11-22(29-14-5-12-25-29)21(16-20)10-8-19-6-3-2-4-7-19/h2-7,9,11-12,14,16,24H,13,15,17H2,1H3,(H,26,27,28). The first-order chi connectivity index (χ1) is 14.8. The van der Waals surface area contributed by atoms with Crippen LogP contribution >= 0.6 is 11.8 Å². The van der Waals surface area contributed by atoms with E-state index in [-0.39, 0.29) is 0 Å². The van der Waals surface area contributed by atoms with Crippen LogP contribution in [-0.4, -0.2) is 37.3 Å². The topological polar surface area (TPSA) is 71.4 Å². The van der Waals surface area contributed by atoms with Crippen molar-refractivity contribution in [1.29, 1.82) is 0 Å². The zero-order chi connectivity index (χ0) is 20.6. The summed E-state index contributed by atoms with van der Waals surface area (Å²) >= 11 is 1.64. The minimum atomic E-state index is 0.771. The highest BCUT2D eigenvalue weighted by Gasteiger charge is 2.05. The minimum Gasteiger partial charge on any atom is -0.312 e. The van der Waals surface area contributed by atoms with E-state index in [1.54, 1.807) is 18.0 Å². The number of hydrogen-bond donors (Lipinski definition) is 2. The van der Waals surface area contributed by atoms with Crippen LogP contribution in [0.15, 0.2) is 72.1 Å². The van der Waals surface area contributed by atoms with Gasteiger partial charge in [0.25, 0.3) is 0 Å². The Balaban J connectivity index is 1.43. The summed E-state index contributed by atoms with van der Waals surface area (Å²) in [5, 5.41) is 15.6. The van der Waals surface area contributed by atoms with Crippen molar-refractivity contribution in [3.05, 3.63) is 89.5 Å². The third kappa shape index (κ3) is 5.38. The molecule has 0 atom stereocenters. The molecule has 0 aliphatic rings. The van der Waals surface area contributed by atoms with Crippen molar-refractivity contribution in [2.24, 2.45) is 0 Å². The lowest BCUT2D eigenvalue weighted by atomic mass is 10.1. The van der Waals surface area contributed by atoms with Gasteiger partial charge in [0.1, 0.15) is 5.82 Å². The fraction of sp³-hybridized carbons (Fsp3) is 0.174. The van der Waals surface area contributed by atoms with E-state index in [9.17, 15) is 0 Å². The van der Waals surface area contributed by atoms with Gasteiger partial charge < -0.3 is 5.32 Å². The van der Waals surface area contributed by atoms with Gasteiger partial charge in [0, 0.05) is 36.8 Å². The molecule has 2 heterocycles. The first-order valence-corrected chi connectivity index (χ1v) is 10.7. The molecule has 7 heteroatoms. The molecule has 0 spiro atoms. The molecule has 0 bridgehead atoms. The quantitative estimate of drug-likeness (QED) is 0.275. The number of aromatic nitrogens is 5. The summed E-state index contributed by atoms with van der Waals surface area (Å²) in [6.45, 7) is 3.54. The van der Waals surface area contributed by atoms with E-state index < -0.39 is 0 Å². The molecule has 0 fully saturated rings. The number of aryl methyl sites for hydroxylation is 1. The SMILES string of the molecule is Cc1nc(SCCNCc2ccc(-n3cccn3)c(C#Cc3ccccc3)c2)n[nH]1. The highest BCUT2D eigenvalue weighted by molar-refractivity contribution is 7.99. The molecule has 4 rings (SSSR count). The Bertz CT molecular complexity index is 1140. The molecule has 0 aliphatic heterocycles. The third-order valence-electron chi connectivity index (χ3n) is 4.34. The van der Waals surface area contributed by atoms with Gasteiger partial charge in [-0.05, 0) is 42.8 Å². The number of H-pyrrole nitrogens is 1. The van der Waals surface area contributed by atoms with Crippen LogP contribution in [0.25, 0.3) is 5.69 Å². The predicted octanol–water partition coefficient (Wildman–Crippen LogP) is 3.58. The van der Waals surface area contributed by atoms with Gasteiger partial charge in [-0.2, -0.15) is 5.10 Å². The molecule has 0 saturated heterocycles. The van der Waals surface area contributed by atoms with Gasteiger partial charge in [-0.1, -0.05) is 47.9 Å². The van der Waals surface area contributed by atoms with Crippen LogP contribution in [0, 0.1) is 18.8 Å². The summed E-state index contributed by atoms with van der Waals surface area (Å²) < 4.78 is 1.85. The number of nitrogens with one attached hydrogen (secondary N) is 2. The number of rotatable bonds is 7. The summed E-state index contributed by atoms with van der Waals surface area (Å²) in [6.07, 6.45) is 3.71. The Hall–Kier alpha value is -3.34. The number of hydrogen-bond acceptors (Lipinski definition) is 5. The summed E-state index contributed by atoms with van der Waals surface area (Å²) in [5.74, 6) is 8.32. The van der Waals surface area contributed by atoms with E-state index in [1.165, 1.54) is 5.56 Å². The lowest BCUT2D eigenvalue weighted by Gasteiger charge is -2.09. The fourth-order valence-electron chi connectivity index (χ4n) is 2.90. The van der Waals surface area contributed by atoms with Gasteiger partial charge in [-0.25, -0.2) is 9.67 Å². The van der Waals surface area contributed by atoms with Crippen molar-refractivity contribution in [2.45, 2.75) is 18.6 Å². The minimum absolute atomic E-state index is 0.771. The Morgan fingerprint density at radius 3 is 2.77 bits per heavy atom. The zero-order valence-electron chi connectivity index (χ0n) is 16.7. The first-order valence-electron chi connectivity index (χ1n) is 9.70. The number of nitrogens with zero attached hydrogens (tertiary/aromatic N) is 4. The molecule has 6 nitrogen and oxygen atoms in total. The van der Waals surface area contributed by atoms with Crippen LogP contribution in [-0.2, 0) is 6.54 Å². The van der Waals surface area contributed by atoms with Crippen LogP contribution < -0.4 is 5.32 Å². The number of benzene rings is 2. The first kappa shape index (κ1) is 20.0. The largest absolute Gasteiger partial charge is 0.312 e. The zero-order valence-corrected chi connectivity index (χ0v) is 17.5. The molecular formula is C23H22N6S. The molecule has 0 saturated carbocycles. The van der Waals surface area contributed by atoms with E-state index in [1.807, 2.05) is 54.2 Å². The predicted molar refractivity (Wildman–Crippen MR) is 120 cm³/mol. The van der Waals surface area contributed by atoms with Gasteiger partial charge in [0.2, 0.25) is 5.16 Å². The van der Waals surface area contributed by atoms with E-state index in [2.05, 4.69) is 55.6 Å². The van der Waals surface area contributed by atoms with Crippen LogP contribution in [0.4, 0.5) is 0 Å². The van der Waals surface area contributed by atoms with Crippen LogP contribution in [0.1, 0.15) is 22.5 Å². The average molecular weight is 415 g/mol. The molecule has 2 aromatic carbocycles. The van der Waals surface area contributed by atoms with Gasteiger partial charge in [0.15, 0.2) is 0 Å². The lowest BCUT2D eigenvalue weighted by molar-refractivity contribution is 0.730. The maximum Gasteiger partial charge on any atom is 0.208 e. The van der Waals surface area contributed by atoms with Crippen molar-refractivity contribution in [1.82, 2.24) is 30.3 Å². The summed E-state index contributed by atoms with van der Waals surface area (Å²) in [7, 11) is 0. The molecule has 30 heavy (non-hydrogen) atoms. The molecule has 2 aromatic heterocycles. The van der Waals surface area contributed by atoms with E-state index in [0.717, 1.165) is 46.6 Å². The van der Waals surface area contributed by atoms with Gasteiger partial charge in [-0.3, -0.25) is 5.10 Å². The van der Waals surface area contributed by atoms with Gasteiger partial charge >= 0.3 is 0 Å². The average Bonchev–Trinajstić information content (AvgIpc) is 3.45. The molecule has 4 aromatic rings.